The Morgan fingerprint density at radius 1 is 1.50 bits per heavy atom. The Hall–Kier alpha value is -1.40. The van der Waals surface area contributed by atoms with Crippen molar-refractivity contribution in [1.29, 1.82) is 0 Å². The standard InChI is InChI=1S/C18H30N4O2/c1-14-15(11-21(2)20-14)12-22-9-7-18(13-22)6-4-5-16(18)17(23)19-8-10-24-3/h11,16H,4-10,12-13H2,1-3H3,(H,19,23)/t16-,18+/m1/s1. The Bertz CT molecular complexity index is 586. The summed E-state index contributed by atoms with van der Waals surface area (Å²) in [6.07, 6.45) is 6.62. The van der Waals surface area contributed by atoms with Gasteiger partial charge in [0.15, 0.2) is 0 Å². The third-order valence-electron chi connectivity index (χ3n) is 5.80. The van der Waals surface area contributed by atoms with Crippen LogP contribution in [0.1, 0.15) is 36.9 Å². The van der Waals surface area contributed by atoms with Crippen molar-refractivity contribution in [3.05, 3.63) is 17.5 Å². The number of likely N-dealkylation sites (tertiary alicyclic amines) is 1. The minimum atomic E-state index is 0.161. The highest BCUT2D eigenvalue weighted by molar-refractivity contribution is 5.80. The fourth-order valence-electron chi connectivity index (χ4n) is 4.60. The lowest BCUT2D eigenvalue weighted by molar-refractivity contribution is -0.128. The summed E-state index contributed by atoms with van der Waals surface area (Å²) in [7, 11) is 3.64. The van der Waals surface area contributed by atoms with Crippen LogP contribution in [0.15, 0.2) is 6.20 Å². The molecule has 1 aromatic heterocycles. The molecule has 0 bridgehead atoms. The lowest BCUT2D eigenvalue weighted by Gasteiger charge is -2.30. The summed E-state index contributed by atoms with van der Waals surface area (Å²) < 4.78 is 6.92. The van der Waals surface area contributed by atoms with E-state index in [-0.39, 0.29) is 17.2 Å². The van der Waals surface area contributed by atoms with Gasteiger partial charge < -0.3 is 10.1 Å². The Labute approximate surface area is 144 Å². The van der Waals surface area contributed by atoms with Crippen LogP contribution in [0.25, 0.3) is 0 Å². The van der Waals surface area contributed by atoms with E-state index in [4.69, 9.17) is 4.74 Å². The zero-order chi connectivity index (χ0) is 17.2. The second-order valence-electron chi connectivity index (χ2n) is 7.47. The van der Waals surface area contributed by atoms with Gasteiger partial charge in [-0.25, -0.2) is 0 Å². The van der Waals surface area contributed by atoms with Gasteiger partial charge in [-0.15, -0.1) is 0 Å². The van der Waals surface area contributed by atoms with Crippen molar-refractivity contribution < 1.29 is 9.53 Å². The molecule has 2 atom stereocenters. The smallest absolute Gasteiger partial charge is 0.223 e. The maximum absolute atomic E-state index is 12.6. The van der Waals surface area contributed by atoms with Crippen LogP contribution in [0, 0.1) is 18.3 Å². The van der Waals surface area contributed by atoms with Crippen LogP contribution in [0.4, 0.5) is 0 Å². The first-order chi connectivity index (χ1) is 11.5. The molecule has 3 rings (SSSR count). The van der Waals surface area contributed by atoms with Crippen molar-refractivity contribution in [3.63, 3.8) is 0 Å². The van der Waals surface area contributed by atoms with Gasteiger partial charge in [0.2, 0.25) is 5.91 Å². The van der Waals surface area contributed by atoms with Crippen LogP contribution in [-0.4, -0.2) is 53.9 Å². The highest BCUT2D eigenvalue weighted by Gasteiger charge is 2.50. The summed E-state index contributed by atoms with van der Waals surface area (Å²) in [5.41, 5.74) is 2.58. The van der Waals surface area contributed by atoms with E-state index in [2.05, 4.69) is 28.4 Å². The second-order valence-corrected chi connectivity index (χ2v) is 7.47. The number of amides is 1. The molecule has 6 heteroatoms. The lowest BCUT2D eigenvalue weighted by atomic mass is 9.76. The molecule has 1 amide bonds. The third-order valence-corrected chi connectivity index (χ3v) is 5.80. The summed E-state index contributed by atoms with van der Waals surface area (Å²) in [6.45, 7) is 6.32. The van der Waals surface area contributed by atoms with Gasteiger partial charge in [-0.1, -0.05) is 6.42 Å². The van der Waals surface area contributed by atoms with Crippen molar-refractivity contribution in [3.8, 4) is 0 Å². The number of aromatic nitrogens is 2. The average Bonchev–Trinajstić information content (AvgIpc) is 3.22. The van der Waals surface area contributed by atoms with Gasteiger partial charge in [0.05, 0.1) is 12.3 Å². The third kappa shape index (κ3) is 3.49. The molecule has 2 aliphatic rings. The molecule has 1 aliphatic heterocycles. The number of carbonyl (C=O) groups is 1. The quantitative estimate of drug-likeness (QED) is 0.801. The zero-order valence-corrected chi connectivity index (χ0v) is 15.2. The molecule has 134 valence electrons. The summed E-state index contributed by atoms with van der Waals surface area (Å²) in [5.74, 6) is 0.387. The van der Waals surface area contributed by atoms with Crippen molar-refractivity contribution in [2.45, 2.75) is 39.2 Å². The minimum Gasteiger partial charge on any atom is -0.383 e. The number of hydrogen-bond donors (Lipinski definition) is 1. The van der Waals surface area contributed by atoms with Crippen molar-refractivity contribution >= 4 is 5.91 Å². The monoisotopic (exact) mass is 334 g/mol. The number of nitrogens with one attached hydrogen (secondary N) is 1. The number of aryl methyl sites for hydroxylation is 2. The zero-order valence-electron chi connectivity index (χ0n) is 15.2. The summed E-state index contributed by atoms with van der Waals surface area (Å²) >= 11 is 0. The average molecular weight is 334 g/mol. The molecule has 0 radical (unpaired) electrons. The molecule has 2 heterocycles. The number of ether oxygens (including phenoxy) is 1. The molecule has 0 unspecified atom stereocenters. The summed E-state index contributed by atoms with van der Waals surface area (Å²) in [4.78, 5) is 15.1. The molecular formula is C18H30N4O2. The first kappa shape index (κ1) is 17.4. The largest absolute Gasteiger partial charge is 0.383 e. The van der Waals surface area contributed by atoms with Crippen LogP contribution in [0.3, 0.4) is 0 Å². The molecule has 0 aromatic carbocycles. The molecule has 1 aromatic rings. The number of rotatable bonds is 6. The fourth-order valence-corrected chi connectivity index (χ4v) is 4.60. The van der Waals surface area contributed by atoms with Gasteiger partial charge in [-0.3, -0.25) is 14.4 Å². The van der Waals surface area contributed by atoms with Gasteiger partial charge in [-0.2, -0.15) is 5.10 Å². The van der Waals surface area contributed by atoms with Gasteiger partial charge in [0.25, 0.3) is 0 Å². The van der Waals surface area contributed by atoms with E-state index in [1.54, 1.807) is 7.11 Å². The second kappa shape index (κ2) is 7.23. The van der Waals surface area contributed by atoms with E-state index >= 15 is 0 Å². The van der Waals surface area contributed by atoms with Crippen molar-refractivity contribution in [2.75, 3.05) is 33.4 Å². The van der Waals surface area contributed by atoms with Gasteiger partial charge in [-0.05, 0) is 38.1 Å². The molecule has 24 heavy (non-hydrogen) atoms. The lowest BCUT2D eigenvalue weighted by Crippen LogP contribution is -2.41. The molecule has 1 aliphatic carbocycles. The van der Waals surface area contributed by atoms with Crippen LogP contribution in [0.5, 0.6) is 0 Å². The summed E-state index contributed by atoms with van der Waals surface area (Å²) in [6, 6.07) is 0. The fraction of sp³-hybridized carbons (Fsp3) is 0.778. The Morgan fingerprint density at radius 3 is 3.04 bits per heavy atom. The molecule has 1 N–H and O–H groups in total. The SMILES string of the molecule is COCCNC(=O)[C@H]1CCC[C@@]12CCN(Cc1cn(C)nc1C)C2. The normalized spacial score (nSPS) is 27.2. The van der Waals surface area contributed by atoms with E-state index in [9.17, 15) is 4.79 Å². The van der Waals surface area contributed by atoms with E-state index in [1.165, 1.54) is 18.4 Å². The van der Waals surface area contributed by atoms with E-state index in [0.29, 0.717) is 13.2 Å². The molecule has 2 fully saturated rings. The van der Waals surface area contributed by atoms with Gasteiger partial charge >= 0.3 is 0 Å². The molecular weight excluding hydrogens is 304 g/mol. The molecule has 1 spiro atoms. The first-order valence-electron chi connectivity index (χ1n) is 9.02. The highest BCUT2D eigenvalue weighted by Crippen LogP contribution is 2.50. The minimum absolute atomic E-state index is 0.161. The number of carbonyl (C=O) groups excluding carboxylic acids is 1. The molecule has 1 saturated carbocycles. The predicted molar refractivity (Wildman–Crippen MR) is 92.5 cm³/mol. The highest BCUT2D eigenvalue weighted by atomic mass is 16.5. The Morgan fingerprint density at radius 2 is 2.33 bits per heavy atom. The van der Waals surface area contributed by atoms with Gasteiger partial charge in [0, 0.05) is 51.5 Å². The van der Waals surface area contributed by atoms with Crippen LogP contribution in [0.2, 0.25) is 0 Å². The van der Waals surface area contributed by atoms with Crippen molar-refractivity contribution in [2.24, 2.45) is 18.4 Å². The van der Waals surface area contributed by atoms with Crippen LogP contribution >= 0.6 is 0 Å². The number of nitrogens with zero attached hydrogens (tertiary/aromatic N) is 3. The van der Waals surface area contributed by atoms with Crippen molar-refractivity contribution in [1.82, 2.24) is 20.0 Å². The van der Waals surface area contributed by atoms with Crippen LogP contribution in [-0.2, 0) is 23.1 Å². The van der Waals surface area contributed by atoms with E-state index < -0.39 is 0 Å². The first-order valence-corrected chi connectivity index (χ1v) is 9.02. The molecule has 6 nitrogen and oxygen atoms in total. The molecule has 1 saturated heterocycles. The predicted octanol–water partition coefficient (Wildman–Crippen LogP) is 1.48. The topological polar surface area (TPSA) is 59.4 Å². The Kier molecular flexibility index (Phi) is 5.25. The Balaban J connectivity index is 1.61. The van der Waals surface area contributed by atoms with Gasteiger partial charge in [0.1, 0.15) is 0 Å². The van der Waals surface area contributed by atoms with E-state index in [1.807, 2.05) is 11.7 Å². The number of methoxy groups -OCH3 is 1. The summed E-state index contributed by atoms with van der Waals surface area (Å²) in [5, 5.41) is 7.50. The number of hydrogen-bond acceptors (Lipinski definition) is 4. The van der Waals surface area contributed by atoms with E-state index in [0.717, 1.165) is 38.2 Å². The van der Waals surface area contributed by atoms with Crippen LogP contribution < -0.4 is 5.32 Å². The maximum atomic E-state index is 12.6. The maximum Gasteiger partial charge on any atom is 0.223 e.